The Kier molecular flexibility index (Phi) is 7.83. The smallest absolute Gasteiger partial charge is 0.273 e. The van der Waals surface area contributed by atoms with E-state index in [0.717, 1.165) is 11.8 Å². The van der Waals surface area contributed by atoms with E-state index in [1.54, 1.807) is 11.5 Å². The van der Waals surface area contributed by atoms with Gasteiger partial charge < -0.3 is 5.32 Å². The Labute approximate surface area is 217 Å². The van der Waals surface area contributed by atoms with Crippen LogP contribution >= 0.6 is 23.1 Å². The van der Waals surface area contributed by atoms with Crippen LogP contribution in [0.4, 0.5) is 15.2 Å². The lowest BCUT2D eigenvalue weighted by molar-refractivity contribution is -0.385. The molecule has 0 aliphatic rings. The fourth-order valence-corrected chi connectivity index (χ4v) is 4.69. The molecule has 0 aliphatic heterocycles. The third-order valence-corrected chi connectivity index (χ3v) is 6.73. The number of carbonyl (C=O) groups is 2. The molecule has 0 saturated carbocycles. The number of hydrogen-bond donors (Lipinski definition) is 2. The van der Waals surface area contributed by atoms with Crippen LogP contribution in [0, 0.1) is 29.8 Å². The van der Waals surface area contributed by atoms with Gasteiger partial charge in [-0.15, -0.1) is 20.4 Å². The molecule has 2 amide bonds. The van der Waals surface area contributed by atoms with Gasteiger partial charge in [0, 0.05) is 22.9 Å². The Balaban J connectivity index is 1.53. The molecule has 2 N–H and O–H groups in total. The van der Waals surface area contributed by atoms with E-state index in [1.165, 1.54) is 60.7 Å². The van der Waals surface area contributed by atoms with Crippen molar-refractivity contribution >= 4 is 45.7 Å². The number of halogens is 1. The van der Waals surface area contributed by atoms with Gasteiger partial charge in [0.05, 0.1) is 17.2 Å². The minimum Gasteiger partial charge on any atom is -0.345 e. The molecule has 15 heteroatoms. The second-order valence-electron chi connectivity index (χ2n) is 7.56. The van der Waals surface area contributed by atoms with Gasteiger partial charge in [0.1, 0.15) is 10.8 Å². The van der Waals surface area contributed by atoms with Crippen molar-refractivity contribution in [2.24, 2.45) is 0 Å². The highest BCUT2D eigenvalue weighted by atomic mass is 32.2. The van der Waals surface area contributed by atoms with Crippen molar-refractivity contribution in [1.29, 1.82) is 0 Å². The van der Waals surface area contributed by atoms with Crippen molar-refractivity contribution in [3.05, 3.63) is 80.4 Å². The maximum atomic E-state index is 13.5. The molecule has 2 aromatic heterocycles. The SMILES string of the molecule is Cc1nnc(NC(=O)CSc2nnc(CNC(=O)c3cccc([N+](=O)[O-])c3C)n2-c2ccc(F)cc2)s1. The number of nitro groups is 1. The van der Waals surface area contributed by atoms with Crippen molar-refractivity contribution in [3.63, 3.8) is 0 Å². The predicted molar refractivity (Wildman–Crippen MR) is 134 cm³/mol. The van der Waals surface area contributed by atoms with Crippen molar-refractivity contribution in [2.45, 2.75) is 25.5 Å². The van der Waals surface area contributed by atoms with E-state index in [-0.39, 0.29) is 35.0 Å². The Hall–Kier alpha value is -4.24. The number of benzene rings is 2. The van der Waals surface area contributed by atoms with Gasteiger partial charge in [-0.25, -0.2) is 4.39 Å². The first-order valence-corrected chi connectivity index (χ1v) is 12.5. The van der Waals surface area contributed by atoms with Gasteiger partial charge >= 0.3 is 0 Å². The highest BCUT2D eigenvalue weighted by molar-refractivity contribution is 7.99. The van der Waals surface area contributed by atoms with Gasteiger partial charge in [-0.3, -0.25) is 29.6 Å². The van der Waals surface area contributed by atoms with E-state index in [9.17, 15) is 24.1 Å². The summed E-state index contributed by atoms with van der Waals surface area (Å²) in [4.78, 5) is 35.8. The summed E-state index contributed by atoms with van der Waals surface area (Å²) in [6.45, 7) is 3.19. The summed E-state index contributed by atoms with van der Waals surface area (Å²) in [6, 6.07) is 9.81. The number of nitrogens with one attached hydrogen (secondary N) is 2. The summed E-state index contributed by atoms with van der Waals surface area (Å²) >= 11 is 2.34. The number of amides is 2. The number of rotatable bonds is 9. The Morgan fingerprint density at radius 1 is 1.11 bits per heavy atom. The average Bonchev–Trinajstić information content (AvgIpc) is 3.47. The lowest BCUT2D eigenvalue weighted by Crippen LogP contribution is -2.25. The van der Waals surface area contributed by atoms with Crippen LogP contribution < -0.4 is 10.6 Å². The summed E-state index contributed by atoms with van der Waals surface area (Å²) in [5.41, 5.74) is 0.741. The molecule has 4 aromatic rings. The molecule has 0 bridgehead atoms. The third-order valence-electron chi connectivity index (χ3n) is 5.04. The summed E-state index contributed by atoms with van der Waals surface area (Å²) in [5.74, 6) is -1.00. The highest BCUT2D eigenvalue weighted by Crippen LogP contribution is 2.24. The van der Waals surface area contributed by atoms with Gasteiger partial charge in [-0.05, 0) is 44.2 Å². The van der Waals surface area contributed by atoms with Gasteiger partial charge in [0.25, 0.3) is 11.6 Å². The molecule has 2 aromatic carbocycles. The van der Waals surface area contributed by atoms with E-state index < -0.39 is 16.6 Å². The number of thioether (sulfide) groups is 1. The van der Waals surface area contributed by atoms with Crippen molar-refractivity contribution in [3.8, 4) is 5.69 Å². The summed E-state index contributed by atoms with van der Waals surface area (Å²) < 4.78 is 15.1. The second kappa shape index (κ2) is 11.2. The van der Waals surface area contributed by atoms with Crippen LogP contribution in [0.25, 0.3) is 5.69 Å². The molecule has 0 atom stereocenters. The predicted octanol–water partition coefficient (Wildman–Crippen LogP) is 3.44. The number of nitrogens with zero attached hydrogens (tertiary/aromatic N) is 6. The molecule has 2 heterocycles. The minimum absolute atomic E-state index is 0.0167. The van der Waals surface area contributed by atoms with Crippen LogP contribution in [0.1, 0.15) is 26.8 Å². The van der Waals surface area contributed by atoms with Gasteiger partial charge in [-0.2, -0.15) is 0 Å². The first-order valence-electron chi connectivity index (χ1n) is 10.7. The number of nitro benzene ring substituents is 1. The van der Waals surface area contributed by atoms with E-state index in [2.05, 4.69) is 31.0 Å². The maximum absolute atomic E-state index is 13.5. The molecule has 0 radical (unpaired) electrons. The third kappa shape index (κ3) is 6.13. The van der Waals surface area contributed by atoms with Gasteiger partial charge in [0.15, 0.2) is 11.0 Å². The van der Waals surface area contributed by atoms with Crippen LogP contribution in [0.15, 0.2) is 47.6 Å². The number of anilines is 1. The average molecular weight is 543 g/mol. The van der Waals surface area contributed by atoms with Gasteiger partial charge in [0.2, 0.25) is 11.0 Å². The maximum Gasteiger partial charge on any atom is 0.273 e. The normalized spacial score (nSPS) is 10.8. The molecule has 12 nitrogen and oxygen atoms in total. The van der Waals surface area contributed by atoms with Crippen molar-refractivity contribution in [1.82, 2.24) is 30.3 Å². The van der Waals surface area contributed by atoms with E-state index in [4.69, 9.17) is 0 Å². The highest BCUT2D eigenvalue weighted by Gasteiger charge is 2.20. The Bertz CT molecular complexity index is 1470. The zero-order chi connectivity index (χ0) is 26.5. The molecule has 0 spiro atoms. The molecule has 0 aliphatic carbocycles. The first kappa shape index (κ1) is 25.8. The standard InChI is InChI=1S/C22H19FN8O4S2/c1-12-16(4-3-5-17(12)31(34)35)20(33)24-10-18-27-29-22(30(18)15-8-6-14(23)7-9-15)36-11-19(32)25-21-28-26-13(2)37-21/h3-9H,10-11H2,1-2H3,(H,24,33)(H,25,28,32). The summed E-state index contributed by atoms with van der Waals surface area (Å²) in [6.07, 6.45) is 0. The Morgan fingerprint density at radius 3 is 2.54 bits per heavy atom. The monoisotopic (exact) mass is 542 g/mol. The largest absolute Gasteiger partial charge is 0.345 e. The van der Waals surface area contributed by atoms with Crippen LogP contribution in [-0.2, 0) is 11.3 Å². The minimum atomic E-state index is -0.552. The number of aryl methyl sites for hydroxylation is 1. The molecule has 190 valence electrons. The van der Waals surface area contributed by atoms with Crippen molar-refractivity contribution < 1.29 is 18.9 Å². The van der Waals surface area contributed by atoms with Crippen molar-refractivity contribution in [2.75, 3.05) is 11.1 Å². The molecule has 4 rings (SSSR count). The van der Waals surface area contributed by atoms with Crippen LogP contribution in [0.3, 0.4) is 0 Å². The van der Waals surface area contributed by atoms with Crippen LogP contribution in [-0.4, -0.2) is 47.5 Å². The molecule has 0 fully saturated rings. The van der Waals surface area contributed by atoms with Crippen LogP contribution in [0.2, 0.25) is 0 Å². The molecular formula is C22H19FN8O4S2. The molecule has 0 unspecified atom stereocenters. The topological polar surface area (TPSA) is 158 Å². The zero-order valence-corrected chi connectivity index (χ0v) is 21.1. The number of aromatic nitrogens is 5. The van der Waals surface area contributed by atoms with E-state index in [1.807, 2.05) is 0 Å². The zero-order valence-electron chi connectivity index (χ0n) is 19.5. The van der Waals surface area contributed by atoms with Gasteiger partial charge in [-0.1, -0.05) is 29.2 Å². The van der Waals surface area contributed by atoms with Crippen LogP contribution in [0.5, 0.6) is 0 Å². The summed E-state index contributed by atoms with van der Waals surface area (Å²) in [5, 5.41) is 34.0. The number of carbonyl (C=O) groups excluding carboxylic acids is 2. The number of hydrogen-bond acceptors (Lipinski definition) is 10. The fraction of sp³-hybridized carbons (Fsp3) is 0.182. The Morgan fingerprint density at radius 2 is 1.86 bits per heavy atom. The molecule has 0 saturated heterocycles. The molecular weight excluding hydrogens is 523 g/mol. The first-order chi connectivity index (χ1) is 17.7. The summed E-state index contributed by atoms with van der Waals surface area (Å²) in [7, 11) is 0. The lowest BCUT2D eigenvalue weighted by Gasteiger charge is -2.11. The lowest BCUT2D eigenvalue weighted by atomic mass is 10.1. The van der Waals surface area contributed by atoms with E-state index in [0.29, 0.717) is 26.8 Å². The fourth-order valence-electron chi connectivity index (χ4n) is 3.31. The second-order valence-corrected chi connectivity index (χ2v) is 9.69. The molecule has 37 heavy (non-hydrogen) atoms. The quantitative estimate of drug-likeness (QED) is 0.184. The van der Waals surface area contributed by atoms with E-state index >= 15 is 0 Å².